The molecule has 0 atom stereocenters. The molecule has 0 bridgehead atoms. The molecule has 0 amide bonds. The van der Waals surface area contributed by atoms with Gasteiger partial charge in [0.1, 0.15) is 0 Å². The van der Waals surface area contributed by atoms with E-state index in [0.29, 0.717) is 5.38 Å². The zero-order valence-corrected chi connectivity index (χ0v) is 11.3. The molecule has 0 spiro atoms. The summed E-state index contributed by atoms with van der Waals surface area (Å²) in [6, 6.07) is 0. The molecular weight excluding hydrogens is 216 g/mol. The van der Waals surface area contributed by atoms with E-state index in [0.717, 1.165) is 17.8 Å². The first-order valence-electron chi connectivity index (χ1n) is 7.06. The summed E-state index contributed by atoms with van der Waals surface area (Å²) < 4.78 is 0. The van der Waals surface area contributed by atoms with E-state index in [4.69, 9.17) is 11.6 Å². The van der Waals surface area contributed by atoms with Crippen LogP contribution >= 0.6 is 11.6 Å². The van der Waals surface area contributed by atoms with E-state index in [1.165, 1.54) is 51.4 Å². The lowest BCUT2D eigenvalue weighted by atomic mass is 9.81. The molecule has 0 unspecified atom stereocenters. The highest BCUT2D eigenvalue weighted by Gasteiger charge is 2.19. The number of hydrogen-bond acceptors (Lipinski definition) is 0. The van der Waals surface area contributed by atoms with Crippen molar-refractivity contribution in [2.75, 3.05) is 0 Å². The fourth-order valence-corrected chi connectivity index (χ4v) is 3.32. The van der Waals surface area contributed by atoms with Crippen LogP contribution in [0.1, 0.15) is 58.3 Å². The second-order valence-electron chi connectivity index (χ2n) is 5.92. The quantitative estimate of drug-likeness (QED) is 0.462. The summed E-state index contributed by atoms with van der Waals surface area (Å²) in [7, 11) is 0. The van der Waals surface area contributed by atoms with Crippen LogP contribution in [0.5, 0.6) is 0 Å². The van der Waals surface area contributed by atoms with Gasteiger partial charge in [-0.1, -0.05) is 31.9 Å². The summed E-state index contributed by atoms with van der Waals surface area (Å²) in [5.74, 6) is 2.68. The maximum absolute atomic E-state index is 6.12. The minimum absolute atomic E-state index is 0.459. The monoisotopic (exact) mass is 240 g/mol. The van der Waals surface area contributed by atoms with Crippen molar-refractivity contribution in [3.8, 4) is 0 Å². The van der Waals surface area contributed by atoms with E-state index < -0.39 is 0 Å². The highest BCUT2D eigenvalue weighted by atomic mass is 35.5. The molecule has 1 heteroatoms. The van der Waals surface area contributed by atoms with E-state index in [9.17, 15) is 0 Å². The summed E-state index contributed by atoms with van der Waals surface area (Å²) in [6.07, 6.45) is 15.8. The Labute approximate surface area is 105 Å². The zero-order chi connectivity index (χ0) is 11.4. The normalized spacial score (nSPS) is 41.4. The summed E-state index contributed by atoms with van der Waals surface area (Å²) in [6.45, 7) is 2.39. The predicted octanol–water partition coefficient (Wildman–Crippen LogP) is 5.17. The number of halogens is 1. The van der Waals surface area contributed by atoms with Crippen LogP contribution in [0.3, 0.4) is 0 Å². The molecule has 0 aromatic rings. The molecule has 2 aliphatic rings. The van der Waals surface area contributed by atoms with E-state index in [2.05, 4.69) is 19.1 Å². The van der Waals surface area contributed by atoms with Gasteiger partial charge >= 0.3 is 0 Å². The van der Waals surface area contributed by atoms with Gasteiger partial charge in [0, 0.05) is 5.38 Å². The Bertz CT molecular complexity index is 194. The first-order chi connectivity index (χ1) is 7.74. The maximum atomic E-state index is 6.12. The number of hydrogen-bond donors (Lipinski definition) is 0. The third-order valence-corrected chi connectivity index (χ3v) is 4.85. The van der Waals surface area contributed by atoms with E-state index in [-0.39, 0.29) is 0 Å². The average molecular weight is 241 g/mol. The van der Waals surface area contributed by atoms with Crippen molar-refractivity contribution in [1.29, 1.82) is 0 Å². The Balaban J connectivity index is 1.72. The SMILES string of the molecule is CC1CCC(C=CC2CCC(Cl)CC2)CC1. The van der Waals surface area contributed by atoms with Gasteiger partial charge in [0.2, 0.25) is 0 Å². The lowest BCUT2D eigenvalue weighted by Crippen LogP contribution is -2.14. The van der Waals surface area contributed by atoms with Crippen LogP contribution in [-0.2, 0) is 0 Å². The molecule has 0 aromatic heterocycles. The number of rotatable bonds is 2. The van der Waals surface area contributed by atoms with Crippen molar-refractivity contribution in [2.45, 2.75) is 63.7 Å². The van der Waals surface area contributed by atoms with Crippen molar-refractivity contribution >= 4 is 11.6 Å². The molecule has 0 saturated heterocycles. The van der Waals surface area contributed by atoms with Crippen LogP contribution in [0.2, 0.25) is 0 Å². The van der Waals surface area contributed by atoms with Crippen molar-refractivity contribution in [3.63, 3.8) is 0 Å². The van der Waals surface area contributed by atoms with Gasteiger partial charge in [0.25, 0.3) is 0 Å². The minimum atomic E-state index is 0.459. The molecule has 2 saturated carbocycles. The first kappa shape index (κ1) is 12.5. The molecule has 0 N–H and O–H groups in total. The van der Waals surface area contributed by atoms with Crippen molar-refractivity contribution < 1.29 is 0 Å². The third kappa shape index (κ3) is 3.80. The summed E-state index contributed by atoms with van der Waals surface area (Å²) >= 11 is 6.12. The zero-order valence-electron chi connectivity index (χ0n) is 10.5. The van der Waals surface area contributed by atoms with E-state index >= 15 is 0 Å². The Hall–Kier alpha value is 0.0300. The Morgan fingerprint density at radius 3 is 1.69 bits per heavy atom. The van der Waals surface area contributed by atoms with Crippen molar-refractivity contribution in [1.82, 2.24) is 0 Å². The molecule has 16 heavy (non-hydrogen) atoms. The lowest BCUT2D eigenvalue weighted by molar-refractivity contribution is 0.328. The van der Waals surface area contributed by atoms with Gasteiger partial charge in [-0.25, -0.2) is 0 Å². The minimum Gasteiger partial charge on any atom is -0.123 e. The third-order valence-electron chi connectivity index (χ3n) is 4.42. The largest absolute Gasteiger partial charge is 0.123 e. The molecule has 2 aliphatic carbocycles. The Morgan fingerprint density at radius 2 is 1.19 bits per heavy atom. The topological polar surface area (TPSA) is 0 Å². The van der Waals surface area contributed by atoms with Crippen LogP contribution in [0, 0.1) is 17.8 Å². The second-order valence-corrected chi connectivity index (χ2v) is 6.53. The Morgan fingerprint density at radius 1 is 0.750 bits per heavy atom. The molecule has 92 valence electrons. The average Bonchev–Trinajstić information content (AvgIpc) is 2.30. The van der Waals surface area contributed by atoms with E-state index in [1.54, 1.807) is 0 Å². The molecule has 2 rings (SSSR count). The number of alkyl halides is 1. The van der Waals surface area contributed by atoms with Gasteiger partial charge in [-0.15, -0.1) is 11.6 Å². The molecular formula is C15H25Cl. The summed E-state index contributed by atoms with van der Waals surface area (Å²) in [4.78, 5) is 0. The fourth-order valence-electron chi connectivity index (χ4n) is 3.06. The van der Waals surface area contributed by atoms with Gasteiger partial charge in [0.15, 0.2) is 0 Å². The molecule has 0 nitrogen and oxygen atoms in total. The highest BCUT2D eigenvalue weighted by molar-refractivity contribution is 6.20. The van der Waals surface area contributed by atoms with Crippen molar-refractivity contribution in [2.24, 2.45) is 17.8 Å². The highest BCUT2D eigenvalue weighted by Crippen LogP contribution is 2.32. The standard InChI is InChI=1S/C15H25Cl/c1-12-2-4-13(5-3-12)6-7-14-8-10-15(16)11-9-14/h6-7,12-15H,2-5,8-11H2,1H3. The van der Waals surface area contributed by atoms with Crippen molar-refractivity contribution in [3.05, 3.63) is 12.2 Å². The van der Waals surface area contributed by atoms with Gasteiger partial charge in [0.05, 0.1) is 0 Å². The van der Waals surface area contributed by atoms with Gasteiger partial charge in [-0.05, 0) is 56.3 Å². The number of allylic oxidation sites excluding steroid dienone is 2. The van der Waals surface area contributed by atoms with Crippen LogP contribution in [0.15, 0.2) is 12.2 Å². The van der Waals surface area contributed by atoms with Crippen LogP contribution in [0.4, 0.5) is 0 Å². The first-order valence-corrected chi connectivity index (χ1v) is 7.50. The Kier molecular flexibility index (Phi) is 4.76. The van der Waals surface area contributed by atoms with Gasteiger partial charge < -0.3 is 0 Å². The van der Waals surface area contributed by atoms with E-state index in [1.807, 2.05) is 0 Å². The molecule has 0 aliphatic heterocycles. The fraction of sp³-hybridized carbons (Fsp3) is 0.867. The van der Waals surface area contributed by atoms with Crippen LogP contribution < -0.4 is 0 Å². The lowest BCUT2D eigenvalue weighted by Gasteiger charge is -2.25. The molecule has 0 radical (unpaired) electrons. The van der Waals surface area contributed by atoms with Crippen LogP contribution in [0.25, 0.3) is 0 Å². The summed E-state index contributed by atoms with van der Waals surface area (Å²) in [5.41, 5.74) is 0. The second kappa shape index (κ2) is 6.10. The van der Waals surface area contributed by atoms with Gasteiger partial charge in [-0.2, -0.15) is 0 Å². The summed E-state index contributed by atoms with van der Waals surface area (Å²) in [5, 5.41) is 0.459. The van der Waals surface area contributed by atoms with Gasteiger partial charge in [-0.3, -0.25) is 0 Å². The smallest absolute Gasteiger partial charge is 0.0336 e. The predicted molar refractivity (Wildman–Crippen MR) is 71.9 cm³/mol. The maximum Gasteiger partial charge on any atom is 0.0336 e. The van der Waals surface area contributed by atoms with Crippen LogP contribution in [-0.4, -0.2) is 5.38 Å². The molecule has 2 fully saturated rings. The molecule has 0 heterocycles. The molecule has 0 aromatic carbocycles.